The van der Waals surface area contributed by atoms with Crippen molar-refractivity contribution in [3.63, 3.8) is 0 Å². The lowest BCUT2D eigenvalue weighted by Gasteiger charge is -2.17. The summed E-state index contributed by atoms with van der Waals surface area (Å²) in [5.41, 5.74) is 0. The molecule has 0 aromatic heterocycles. The summed E-state index contributed by atoms with van der Waals surface area (Å²) in [5.74, 6) is -1.44. The summed E-state index contributed by atoms with van der Waals surface area (Å²) >= 11 is 0. The van der Waals surface area contributed by atoms with Crippen molar-refractivity contribution >= 4 is 23.6 Å². The van der Waals surface area contributed by atoms with Crippen molar-refractivity contribution in [2.24, 2.45) is 0 Å². The molecule has 4 amide bonds. The monoisotopic (exact) mass is 297 g/mol. The van der Waals surface area contributed by atoms with Gasteiger partial charge in [0.25, 0.3) is 11.8 Å². The van der Waals surface area contributed by atoms with Crippen LogP contribution >= 0.6 is 0 Å². The standard InChI is InChI=1S/C13H19N3O5/c1-9(15-11(18)6-8-21-2)14-10(17)5-7-16-12(19)3-4-13(16)20/h3-4,9H,5-8H2,1-2H3,(H,14,17)(H,15,18). The van der Waals surface area contributed by atoms with E-state index in [0.29, 0.717) is 6.61 Å². The molecule has 2 N–H and O–H groups in total. The van der Waals surface area contributed by atoms with Gasteiger partial charge in [0.15, 0.2) is 0 Å². The van der Waals surface area contributed by atoms with E-state index in [-0.39, 0.29) is 31.2 Å². The lowest BCUT2D eigenvalue weighted by atomic mass is 10.3. The Morgan fingerprint density at radius 3 is 2.19 bits per heavy atom. The normalized spacial score (nSPS) is 15.2. The Labute approximate surface area is 122 Å². The van der Waals surface area contributed by atoms with Gasteiger partial charge in [-0.25, -0.2) is 0 Å². The number of ether oxygens (including phenoxy) is 1. The number of hydrogen-bond acceptors (Lipinski definition) is 5. The average Bonchev–Trinajstić information content (AvgIpc) is 2.73. The lowest BCUT2D eigenvalue weighted by Crippen LogP contribution is -2.47. The second-order valence-electron chi connectivity index (χ2n) is 4.51. The van der Waals surface area contributed by atoms with Crippen LogP contribution in [0.1, 0.15) is 19.8 Å². The summed E-state index contributed by atoms with van der Waals surface area (Å²) in [6.07, 6.45) is 1.99. The van der Waals surface area contributed by atoms with Crippen molar-refractivity contribution in [3.8, 4) is 0 Å². The second-order valence-corrected chi connectivity index (χ2v) is 4.51. The van der Waals surface area contributed by atoms with Gasteiger partial charge in [0.1, 0.15) is 0 Å². The van der Waals surface area contributed by atoms with Gasteiger partial charge in [-0.1, -0.05) is 0 Å². The van der Waals surface area contributed by atoms with Crippen LogP contribution in [0.3, 0.4) is 0 Å². The lowest BCUT2D eigenvalue weighted by molar-refractivity contribution is -0.137. The molecule has 0 aliphatic carbocycles. The van der Waals surface area contributed by atoms with Gasteiger partial charge < -0.3 is 15.4 Å². The maximum Gasteiger partial charge on any atom is 0.253 e. The van der Waals surface area contributed by atoms with Crippen molar-refractivity contribution in [1.29, 1.82) is 0 Å². The molecule has 0 radical (unpaired) electrons. The van der Waals surface area contributed by atoms with Gasteiger partial charge in [0, 0.05) is 32.2 Å². The van der Waals surface area contributed by atoms with Crippen LogP contribution in [-0.2, 0) is 23.9 Å². The zero-order valence-corrected chi connectivity index (χ0v) is 12.0. The van der Waals surface area contributed by atoms with Crippen molar-refractivity contribution in [2.75, 3.05) is 20.3 Å². The highest BCUT2D eigenvalue weighted by Gasteiger charge is 2.23. The first kappa shape index (κ1) is 16.8. The van der Waals surface area contributed by atoms with Crippen LogP contribution in [0.5, 0.6) is 0 Å². The Morgan fingerprint density at radius 1 is 1.14 bits per heavy atom. The highest BCUT2D eigenvalue weighted by molar-refractivity contribution is 6.13. The molecule has 1 aliphatic heterocycles. The fourth-order valence-corrected chi connectivity index (χ4v) is 1.72. The molecule has 21 heavy (non-hydrogen) atoms. The first-order valence-corrected chi connectivity index (χ1v) is 6.55. The van der Waals surface area contributed by atoms with Crippen LogP contribution in [0.2, 0.25) is 0 Å². The van der Waals surface area contributed by atoms with Crippen molar-refractivity contribution < 1.29 is 23.9 Å². The predicted molar refractivity (Wildman–Crippen MR) is 72.7 cm³/mol. The Balaban J connectivity index is 2.25. The number of nitrogens with one attached hydrogen (secondary N) is 2. The predicted octanol–water partition coefficient (Wildman–Crippen LogP) is -1.08. The van der Waals surface area contributed by atoms with Gasteiger partial charge in [0.2, 0.25) is 11.8 Å². The van der Waals surface area contributed by atoms with Gasteiger partial charge in [0.05, 0.1) is 19.2 Å². The minimum atomic E-state index is -0.537. The third-order valence-electron chi connectivity index (χ3n) is 2.75. The number of hydrogen-bond donors (Lipinski definition) is 2. The number of imide groups is 1. The van der Waals surface area contributed by atoms with E-state index in [1.54, 1.807) is 6.92 Å². The van der Waals surface area contributed by atoms with E-state index in [0.717, 1.165) is 4.90 Å². The number of methoxy groups -OCH3 is 1. The summed E-state index contributed by atoms with van der Waals surface area (Å²) in [7, 11) is 1.49. The molecule has 8 heteroatoms. The first-order chi connectivity index (χ1) is 9.93. The average molecular weight is 297 g/mol. The molecule has 1 unspecified atom stereocenters. The molecule has 116 valence electrons. The molecule has 0 saturated heterocycles. The molecule has 8 nitrogen and oxygen atoms in total. The molecular formula is C13H19N3O5. The Hall–Kier alpha value is -2.22. The minimum Gasteiger partial charge on any atom is -0.384 e. The number of nitrogens with zero attached hydrogens (tertiary/aromatic N) is 1. The molecule has 0 aromatic rings. The molecule has 1 atom stereocenters. The van der Waals surface area contributed by atoms with Gasteiger partial charge in [-0.15, -0.1) is 0 Å². The largest absolute Gasteiger partial charge is 0.384 e. The second kappa shape index (κ2) is 8.15. The number of carbonyl (C=O) groups is 4. The minimum absolute atomic E-state index is 0.0147. The van der Waals surface area contributed by atoms with Crippen LogP contribution in [-0.4, -0.2) is 55.0 Å². The molecule has 0 bridgehead atoms. The molecular weight excluding hydrogens is 278 g/mol. The van der Waals surface area contributed by atoms with Gasteiger partial charge in [-0.2, -0.15) is 0 Å². The van der Waals surface area contributed by atoms with Gasteiger partial charge >= 0.3 is 0 Å². The SMILES string of the molecule is COCCC(=O)NC(C)NC(=O)CCN1C(=O)C=CC1=O. The molecule has 1 heterocycles. The van der Waals surface area contributed by atoms with Gasteiger partial charge in [-0.05, 0) is 6.92 Å². The molecule has 0 aromatic carbocycles. The van der Waals surface area contributed by atoms with Gasteiger partial charge in [-0.3, -0.25) is 24.1 Å². The zero-order valence-electron chi connectivity index (χ0n) is 12.0. The smallest absolute Gasteiger partial charge is 0.253 e. The topological polar surface area (TPSA) is 105 Å². The molecule has 1 rings (SSSR count). The van der Waals surface area contributed by atoms with E-state index in [4.69, 9.17) is 4.74 Å². The molecule has 0 saturated carbocycles. The summed E-state index contributed by atoms with van der Waals surface area (Å²) < 4.78 is 4.77. The molecule has 0 fully saturated rings. The molecule has 0 spiro atoms. The third kappa shape index (κ3) is 5.74. The van der Waals surface area contributed by atoms with E-state index >= 15 is 0 Å². The number of carbonyl (C=O) groups excluding carboxylic acids is 4. The van der Waals surface area contributed by atoms with Crippen molar-refractivity contribution in [3.05, 3.63) is 12.2 Å². The van der Waals surface area contributed by atoms with Crippen molar-refractivity contribution in [2.45, 2.75) is 25.9 Å². The summed E-state index contributed by atoms with van der Waals surface area (Å²) in [4.78, 5) is 46.6. The number of amides is 4. The number of rotatable bonds is 8. The highest BCUT2D eigenvalue weighted by atomic mass is 16.5. The van der Waals surface area contributed by atoms with Crippen LogP contribution in [0.4, 0.5) is 0 Å². The third-order valence-corrected chi connectivity index (χ3v) is 2.75. The van der Waals surface area contributed by atoms with Crippen LogP contribution in [0.25, 0.3) is 0 Å². The Kier molecular flexibility index (Phi) is 6.54. The first-order valence-electron chi connectivity index (χ1n) is 6.55. The quantitative estimate of drug-likeness (QED) is 0.438. The maximum absolute atomic E-state index is 11.7. The Bertz CT molecular complexity index is 443. The van der Waals surface area contributed by atoms with E-state index in [2.05, 4.69) is 10.6 Å². The summed E-state index contributed by atoms with van der Waals surface area (Å²) in [5, 5.41) is 5.14. The summed E-state index contributed by atoms with van der Waals surface area (Å²) in [6.45, 7) is 1.94. The molecule has 1 aliphatic rings. The van der Waals surface area contributed by atoms with E-state index in [1.807, 2.05) is 0 Å². The van der Waals surface area contributed by atoms with Crippen LogP contribution in [0.15, 0.2) is 12.2 Å². The van der Waals surface area contributed by atoms with E-state index in [9.17, 15) is 19.2 Å². The van der Waals surface area contributed by atoms with Crippen molar-refractivity contribution in [1.82, 2.24) is 15.5 Å². The van der Waals surface area contributed by atoms with Crippen LogP contribution in [0, 0.1) is 0 Å². The highest BCUT2D eigenvalue weighted by Crippen LogP contribution is 2.04. The summed E-state index contributed by atoms with van der Waals surface area (Å²) in [6, 6.07) is 0. The zero-order chi connectivity index (χ0) is 15.8. The fraction of sp³-hybridized carbons (Fsp3) is 0.538. The van der Waals surface area contributed by atoms with E-state index < -0.39 is 18.0 Å². The Morgan fingerprint density at radius 2 is 1.67 bits per heavy atom. The van der Waals surface area contributed by atoms with E-state index in [1.165, 1.54) is 19.3 Å². The fourth-order valence-electron chi connectivity index (χ4n) is 1.72. The van der Waals surface area contributed by atoms with Crippen LogP contribution < -0.4 is 10.6 Å². The maximum atomic E-state index is 11.7.